The van der Waals surface area contributed by atoms with Crippen molar-refractivity contribution in [3.63, 3.8) is 0 Å². The molecule has 1 aromatic heterocycles. The molecule has 0 aliphatic rings. The van der Waals surface area contributed by atoms with Crippen LogP contribution < -0.4 is 0 Å². The number of hydrogen-bond acceptors (Lipinski definition) is 2. The van der Waals surface area contributed by atoms with Crippen molar-refractivity contribution in [3.8, 4) is 33.7 Å². The SMILES string of the molecule is C=Cc1ccc(-c2cccc(-c3ccc(C=C)cc3)c2-c2nc3c4cccc5ccc6cccc(c3o2)c6c54)cc1. The Morgan fingerprint density at radius 2 is 1.05 bits per heavy atom. The third kappa shape index (κ3) is 3.54. The van der Waals surface area contributed by atoms with Crippen LogP contribution in [0.25, 0.3) is 89.3 Å². The van der Waals surface area contributed by atoms with Crippen LogP contribution in [0.2, 0.25) is 0 Å². The molecular formula is C39H25NO. The van der Waals surface area contributed by atoms with Crippen LogP contribution in [0, 0.1) is 0 Å². The number of oxazole rings is 1. The second kappa shape index (κ2) is 9.04. The molecule has 0 atom stereocenters. The van der Waals surface area contributed by atoms with Gasteiger partial charge in [-0.05, 0) is 49.5 Å². The molecule has 0 unspecified atom stereocenters. The molecule has 2 nitrogen and oxygen atoms in total. The zero-order chi connectivity index (χ0) is 27.5. The molecule has 1 heterocycles. The van der Waals surface area contributed by atoms with Crippen molar-refractivity contribution < 1.29 is 4.42 Å². The molecule has 0 aliphatic carbocycles. The minimum absolute atomic E-state index is 0.614. The van der Waals surface area contributed by atoms with E-state index in [1.54, 1.807) is 0 Å². The molecule has 8 aromatic rings. The summed E-state index contributed by atoms with van der Waals surface area (Å²) in [6.07, 6.45) is 3.73. The Bertz CT molecular complexity index is 2110. The molecule has 0 aliphatic heterocycles. The molecule has 192 valence electrons. The number of hydrogen-bond donors (Lipinski definition) is 0. The van der Waals surface area contributed by atoms with E-state index in [0.29, 0.717) is 5.89 Å². The van der Waals surface area contributed by atoms with Crippen molar-refractivity contribution in [1.82, 2.24) is 4.98 Å². The molecule has 0 saturated heterocycles. The monoisotopic (exact) mass is 523 g/mol. The summed E-state index contributed by atoms with van der Waals surface area (Å²) in [5, 5.41) is 7.08. The first-order valence-corrected chi connectivity index (χ1v) is 13.8. The van der Waals surface area contributed by atoms with E-state index in [4.69, 9.17) is 9.40 Å². The predicted octanol–water partition coefficient (Wildman–Crippen LogP) is 11.0. The van der Waals surface area contributed by atoms with E-state index in [1.807, 2.05) is 12.2 Å². The molecule has 2 heteroatoms. The van der Waals surface area contributed by atoms with Gasteiger partial charge in [0.15, 0.2) is 5.58 Å². The highest BCUT2D eigenvalue weighted by molar-refractivity contribution is 6.32. The smallest absolute Gasteiger partial charge is 0.228 e. The fourth-order valence-corrected chi connectivity index (χ4v) is 6.20. The maximum atomic E-state index is 6.84. The van der Waals surface area contributed by atoms with Crippen molar-refractivity contribution >= 4 is 55.6 Å². The van der Waals surface area contributed by atoms with E-state index in [2.05, 4.69) is 128 Å². The largest absolute Gasteiger partial charge is 0.435 e. The topological polar surface area (TPSA) is 26.0 Å². The summed E-state index contributed by atoms with van der Waals surface area (Å²) >= 11 is 0. The molecular weight excluding hydrogens is 498 g/mol. The normalized spacial score (nSPS) is 11.6. The molecule has 0 fully saturated rings. The number of benzene rings is 7. The Hall–Kier alpha value is -5.47. The van der Waals surface area contributed by atoms with Crippen LogP contribution in [0.1, 0.15) is 11.1 Å². The molecule has 0 amide bonds. The van der Waals surface area contributed by atoms with Crippen LogP contribution in [0.3, 0.4) is 0 Å². The van der Waals surface area contributed by atoms with Gasteiger partial charge in [-0.15, -0.1) is 0 Å². The van der Waals surface area contributed by atoms with Gasteiger partial charge < -0.3 is 4.42 Å². The average molecular weight is 524 g/mol. The zero-order valence-electron chi connectivity index (χ0n) is 22.4. The standard InChI is InChI=1S/C39H25NO/c1-3-24-14-18-26(19-15-24)30-10-7-11-31(27-20-16-25(4-2)17-21-27)36(30)39-40-37-32-12-5-8-28-22-23-29-9-6-13-33(38(37)41-39)35(29)34(28)32/h3-23H,1-2H2. The van der Waals surface area contributed by atoms with Crippen LogP contribution in [-0.4, -0.2) is 4.98 Å². The zero-order valence-corrected chi connectivity index (χ0v) is 22.4. The van der Waals surface area contributed by atoms with Gasteiger partial charge in [0.05, 0.1) is 5.56 Å². The highest BCUT2D eigenvalue weighted by Gasteiger charge is 2.22. The summed E-state index contributed by atoms with van der Waals surface area (Å²) in [6.45, 7) is 7.84. The van der Waals surface area contributed by atoms with Gasteiger partial charge in [0.1, 0.15) is 5.52 Å². The first-order chi connectivity index (χ1) is 20.2. The van der Waals surface area contributed by atoms with E-state index < -0.39 is 0 Å². The second-order valence-corrected chi connectivity index (χ2v) is 10.5. The van der Waals surface area contributed by atoms with Crippen LogP contribution in [-0.2, 0) is 0 Å². The van der Waals surface area contributed by atoms with Gasteiger partial charge in [0.2, 0.25) is 5.89 Å². The minimum atomic E-state index is 0.614. The number of nitrogens with zero attached hydrogens (tertiary/aromatic N) is 1. The average Bonchev–Trinajstić information content (AvgIpc) is 3.49. The molecule has 8 rings (SSSR count). The van der Waals surface area contributed by atoms with Crippen molar-refractivity contribution in [2.24, 2.45) is 0 Å². The van der Waals surface area contributed by atoms with Crippen molar-refractivity contribution in [3.05, 3.63) is 140 Å². The van der Waals surface area contributed by atoms with Crippen molar-refractivity contribution in [2.75, 3.05) is 0 Å². The Labute approximate surface area is 237 Å². The first kappa shape index (κ1) is 23.4. The molecule has 0 bridgehead atoms. The third-order valence-electron chi connectivity index (χ3n) is 8.21. The number of rotatable bonds is 5. The van der Waals surface area contributed by atoms with E-state index in [9.17, 15) is 0 Å². The van der Waals surface area contributed by atoms with Gasteiger partial charge in [0.25, 0.3) is 0 Å². The summed E-state index contributed by atoms with van der Waals surface area (Å²) in [5.74, 6) is 0.614. The van der Waals surface area contributed by atoms with Crippen LogP contribution in [0.15, 0.2) is 133 Å². The summed E-state index contributed by atoms with van der Waals surface area (Å²) in [7, 11) is 0. The van der Waals surface area contributed by atoms with E-state index in [-0.39, 0.29) is 0 Å². The lowest BCUT2D eigenvalue weighted by Crippen LogP contribution is -1.91. The van der Waals surface area contributed by atoms with E-state index in [1.165, 1.54) is 21.5 Å². The number of fused-ring (bicyclic) bond motifs is 3. The Morgan fingerprint density at radius 1 is 0.537 bits per heavy atom. The minimum Gasteiger partial charge on any atom is -0.435 e. The summed E-state index contributed by atoms with van der Waals surface area (Å²) in [6, 6.07) is 40.6. The van der Waals surface area contributed by atoms with Crippen molar-refractivity contribution in [2.45, 2.75) is 0 Å². The summed E-state index contributed by atoms with van der Waals surface area (Å²) in [5.41, 5.74) is 9.18. The fourth-order valence-electron chi connectivity index (χ4n) is 6.20. The van der Waals surface area contributed by atoms with Crippen LogP contribution in [0.5, 0.6) is 0 Å². The molecule has 0 N–H and O–H groups in total. The Morgan fingerprint density at radius 3 is 1.61 bits per heavy atom. The Balaban J connectivity index is 1.48. The van der Waals surface area contributed by atoms with E-state index >= 15 is 0 Å². The summed E-state index contributed by atoms with van der Waals surface area (Å²) in [4.78, 5) is 5.27. The maximum absolute atomic E-state index is 6.84. The van der Waals surface area contributed by atoms with Gasteiger partial charge in [-0.1, -0.05) is 141 Å². The second-order valence-electron chi connectivity index (χ2n) is 10.5. The molecule has 0 spiro atoms. The van der Waals surface area contributed by atoms with E-state index in [0.717, 1.165) is 60.8 Å². The summed E-state index contributed by atoms with van der Waals surface area (Å²) < 4.78 is 6.84. The third-order valence-corrected chi connectivity index (χ3v) is 8.21. The van der Waals surface area contributed by atoms with Gasteiger partial charge in [-0.25, -0.2) is 4.98 Å². The van der Waals surface area contributed by atoms with Gasteiger partial charge in [-0.3, -0.25) is 0 Å². The lowest BCUT2D eigenvalue weighted by atomic mass is 9.91. The lowest BCUT2D eigenvalue weighted by molar-refractivity contribution is 0.623. The first-order valence-electron chi connectivity index (χ1n) is 13.8. The van der Waals surface area contributed by atoms with Crippen LogP contribution >= 0.6 is 0 Å². The predicted molar refractivity (Wildman–Crippen MR) is 174 cm³/mol. The fraction of sp³-hybridized carbons (Fsp3) is 0. The van der Waals surface area contributed by atoms with Crippen molar-refractivity contribution in [1.29, 1.82) is 0 Å². The molecule has 41 heavy (non-hydrogen) atoms. The quantitative estimate of drug-likeness (QED) is 0.210. The Kier molecular flexibility index (Phi) is 5.16. The lowest BCUT2D eigenvalue weighted by Gasteiger charge is -2.14. The van der Waals surface area contributed by atoms with Crippen LogP contribution in [0.4, 0.5) is 0 Å². The highest BCUT2D eigenvalue weighted by Crippen LogP contribution is 2.45. The van der Waals surface area contributed by atoms with Gasteiger partial charge in [0, 0.05) is 16.2 Å². The highest BCUT2D eigenvalue weighted by atomic mass is 16.3. The molecule has 0 radical (unpaired) electrons. The van der Waals surface area contributed by atoms with Gasteiger partial charge >= 0.3 is 0 Å². The number of aromatic nitrogens is 1. The van der Waals surface area contributed by atoms with Gasteiger partial charge in [-0.2, -0.15) is 0 Å². The maximum Gasteiger partial charge on any atom is 0.228 e. The molecule has 0 saturated carbocycles. The molecule has 7 aromatic carbocycles.